The lowest BCUT2D eigenvalue weighted by molar-refractivity contribution is -0.125. The number of imide groups is 1. The molecule has 1 aliphatic carbocycles. The van der Waals surface area contributed by atoms with E-state index in [0.717, 1.165) is 30.6 Å². The van der Waals surface area contributed by atoms with E-state index in [9.17, 15) is 14.4 Å². The molecule has 1 aromatic carbocycles. The molecule has 0 saturated heterocycles. The Morgan fingerprint density at radius 2 is 1.64 bits per heavy atom. The van der Waals surface area contributed by atoms with E-state index >= 15 is 0 Å². The molecule has 5 heteroatoms. The predicted molar refractivity (Wildman–Crippen MR) is 81.4 cm³/mol. The van der Waals surface area contributed by atoms with Gasteiger partial charge in [-0.25, -0.2) is 0 Å². The smallest absolute Gasteiger partial charge is 0.262 e. The second-order valence-corrected chi connectivity index (χ2v) is 6.05. The molecule has 116 valence electrons. The molecule has 1 aromatic rings. The standard InChI is InChI=1S/C17H20N2O3/c1-11(15(20)18-12-7-3-2-4-8-12)19-16(21)13-9-5-6-10-14(13)17(19)22/h5-6,9-12H,2-4,7-8H2,1H3,(H,18,20)/t11-/m1/s1. The third kappa shape index (κ3) is 2.51. The molecule has 2 aliphatic rings. The first-order valence-electron chi connectivity index (χ1n) is 7.87. The maximum atomic E-state index is 12.4. The van der Waals surface area contributed by atoms with Crippen molar-refractivity contribution in [3.05, 3.63) is 35.4 Å². The van der Waals surface area contributed by atoms with Gasteiger partial charge in [0.1, 0.15) is 6.04 Å². The maximum absolute atomic E-state index is 12.4. The number of hydrogen-bond acceptors (Lipinski definition) is 3. The average Bonchev–Trinajstić information content (AvgIpc) is 2.79. The summed E-state index contributed by atoms with van der Waals surface area (Å²) in [5.41, 5.74) is 0.759. The molecule has 0 unspecified atom stereocenters. The number of hydrogen-bond donors (Lipinski definition) is 1. The van der Waals surface area contributed by atoms with Crippen molar-refractivity contribution < 1.29 is 14.4 Å². The summed E-state index contributed by atoms with van der Waals surface area (Å²) < 4.78 is 0. The van der Waals surface area contributed by atoms with Crippen molar-refractivity contribution in [2.24, 2.45) is 0 Å². The summed E-state index contributed by atoms with van der Waals surface area (Å²) in [6.07, 6.45) is 5.39. The minimum Gasteiger partial charge on any atom is -0.352 e. The number of carbonyl (C=O) groups is 3. The van der Waals surface area contributed by atoms with Crippen molar-refractivity contribution in [2.45, 2.75) is 51.1 Å². The van der Waals surface area contributed by atoms with E-state index in [2.05, 4.69) is 5.32 Å². The van der Waals surface area contributed by atoms with Crippen LogP contribution in [0.3, 0.4) is 0 Å². The third-order valence-corrected chi connectivity index (χ3v) is 4.54. The molecule has 1 aliphatic heterocycles. The molecule has 0 bridgehead atoms. The maximum Gasteiger partial charge on any atom is 0.262 e. The summed E-state index contributed by atoms with van der Waals surface area (Å²) in [6, 6.07) is 6.08. The lowest BCUT2D eigenvalue weighted by atomic mass is 9.95. The van der Waals surface area contributed by atoms with Crippen LogP contribution in [0, 0.1) is 0 Å². The fraction of sp³-hybridized carbons (Fsp3) is 0.471. The van der Waals surface area contributed by atoms with E-state index in [1.807, 2.05) is 0 Å². The molecular formula is C17H20N2O3. The Morgan fingerprint density at radius 3 is 2.18 bits per heavy atom. The van der Waals surface area contributed by atoms with E-state index < -0.39 is 6.04 Å². The molecule has 3 amide bonds. The highest BCUT2D eigenvalue weighted by atomic mass is 16.2. The van der Waals surface area contributed by atoms with E-state index in [0.29, 0.717) is 11.1 Å². The number of fused-ring (bicyclic) bond motifs is 1. The first-order valence-corrected chi connectivity index (χ1v) is 7.87. The third-order valence-electron chi connectivity index (χ3n) is 4.54. The second kappa shape index (κ2) is 5.91. The van der Waals surface area contributed by atoms with Gasteiger partial charge in [0.2, 0.25) is 5.91 Å². The highest BCUT2D eigenvalue weighted by molar-refractivity contribution is 6.22. The first-order chi connectivity index (χ1) is 10.6. The highest BCUT2D eigenvalue weighted by Gasteiger charge is 2.40. The van der Waals surface area contributed by atoms with Gasteiger partial charge >= 0.3 is 0 Å². The van der Waals surface area contributed by atoms with Gasteiger partial charge in [0.15, 0.2) is 0 Å². The molecule has 1 atom stereocenters. The Kier molecular flexibility index (Phi) is 3.96. The Bertz CT molecular complexity index is 585. The monoisotopic (exact) mass is 300 g/mol. The van der Waals surface area contributed by atoms with Gasteiger partial charge < -0.3 is 5.32 Å². The Morgan fingerprint density at radius 1 is 1.09 bits per heavy atom. The number of rotatable bonds is 3. The SMILES string of the molecule is C[C@H](C(=O)NC1CCCCC1)N1C(=O)c2ccccc2C1=O. The zero-order chi connectivity index (χ0) is 15.7. The molecule has 5 nitrogen and oxygen atoms in total. The Hall–Kier alpha value is -2.17. The number of nitrogens with one attached hydrogen (secondary N) is 1. The van der Waals surface area contributed by atoms with Gasteiger partial charge in [0, 0.05) is 6.04 Å². The van der Waals surface area contributed by atoms with Crippen LogP contribution in [0.2, 0.25) is 0 Å². The van der Waals surface area contributed by atoms with Crippen LogP contribution in [0.4, 0.5) is 0 Å². The van der Waals surface area contributed by atoms with Crippen molar-refractivity contribution in [2.75, 3.05) is 0 Å². The number of amides is 3. The van der Waals surface area contributed by atoms with Crippen molar-refractivity contribution in [1.29, 1.82) is 0 Å². The van der Waals surface area contributed by atoms with Crippen LogP contribution in [-0.2, 0) is 4.79 Å². The quantitative estimate of drug-likeness (QED) is 0.870. The minimum absolute atomic E-state index is 0.166. The molecule has 0 aromatic heterocycles. The number of carbonyl (C=O) groups excluding carboxylic acids is 3. The van der Waals surface area contributed by atoms with E-state index in [1.165, 1.54) is 6.42 Å². The summed E-state index contributed by atoms with van der Waals surface area (Å²) in [7, 11) is 0. The highest BCUT2D eigenvalue weighted by Crippen LogP contribution is 2.25. The molecular weight excluding hydrogens is 280 g/mol. The van der Waals surface area contributed by atoms with Crippen LogP contribution in [0.1, 0.15) is 59.7 Å². The van der Waals surface area contributed by atoms with Crippen LogP contribution in [0.5, 0.6) is 0 Å². The summed E-state index contributed by atoms with van der Waals surface area (Å²) >= 11 is 0. The van der Waals surface area contributed by atoms with Gasteiger partial charge in [-0.15, -0.1) is 0 Å². The summed E-state index contributed by atoms with van der Waals surface area (Å²) in [5.74, 6) is -1.01. The second-order valence-electron chi connectivity index (χ2n) is 6.05. The van der Waals surface area contributed by atoms with Gasteiger partial charge in [-0.1, -0.05) is 31.4 Å². The largest absolute Gasteiger partial charge is 0.352 e. The van der Waals surface area contributed by atoms with E-state index in [1.54, 1.807) is 31.2 Å². The van der Waals surface area contributed by atoms with Crippen molar-refractivity contribution in [1.82, 2.24) is 10.2 Å². The van der Waals surface area contributed by atoms with Gasteiger partial charge in [0.05, 0.1) is 11.1 Å². The molecule has 1 saturated carbocycles. The normalized spacial score (nSPS) is 20.0. The summed E-state index contributed by atoms with van der Waals surface area (Å²) in [4.78, 5) is 38.2. The topological polar surface area (TPSA) is 66.5 Å². The van der Waals surface area contributed by atoms with Crippen molar-refractivity contribution in [3.63, 3.8) is 0 Å². The molecule has 1 fully saturated rings. The van der Waals surface area contributed by atoms with Crippen LogP contribution < -0.4 is 5.32 Å². The molecule has 22 heavy (non-hydrogen) atoms. The van der Waals surface area contributed by atoms with Crippen molar-refractivity contribution in [3.8, 4) is 0 Å². The zero-order valence-electron chi connectivity index (χ0n) is 12.7. The first kappa shape index (κ1) is 14.8. The average molecular weight is 300 g/mol. The molecule has 0 spiro atoms. The van der Waals surface area contributed by atoms with Gasteiger partial charge in [0.25, 0.3) is 11.8 Å². The van der Waals surface area contributed by atoms with Gasteiger partial charge in [-0.3, -0.25) is 19.3 Å². The number of benzene rings is 1. The van der Waals surface area contributed by atoms with E-state index in [-0.39, 0.29) is 23.8 Å². The van der Waals surface area contributed by atoms with Gasteiger partial charge in [-0.05, 0) is 31.9 Å². The fourth-order valence-electron chi connectivity index (χ4n) is 3.25. The minimum atomic E-state index is -0.783. The lowest BCUT2D eigenvalue weighted by Gasteiger charge is -2.27. The fourth-order valence-corrected chi connectivity index (χ4v) is 3.25. The van der Waals surface area contributed by atoms with Crippen LogP contribution >= 0.6 is 0 Å². The molecule has 1 N–H and O–H groups in total. The van der Waals surface area contributed by atoms with Crippen LogP contribution in [0.15, 0.2) is 24.3 Å². The molecule has 0 radical (unpaired) electrons. The zero-order valence-corrected chi connectivity index (χ0v) is 12.7. The lowest BCUT2D eigenvalue weighted by Crippen LogP contribution is -2.50. The van der Waals surface area contributed by atoms with Crippen LogP contribution in [0.25, 0.3) is 0 Å². The Balaban J connectivity index is 1.72. The molecule has 3 rings (SSSR count). The predicted octanol–water partition coefficient (Wildman–Crippen LogP) is 2.12. The summed E-state index contributed by atoms with van der Waals surface area (Å²) in [5, 5.41) is 2.98. The van der Waals surface area contributed by atoms with Gasteiger partial charge in [-0.2, -0.15) is 0 Å². The van der Waals surface area contributed by atoms with Crippen molar-refractivity contribution >= 4 is 17.7 Å². The molecule has 1 heterocycles. The Labute approximate surface area is 129 Å². The van der Waals surface area contributed by atoms with E-state index in [4.69, 9.17) is 0 Å². The summed E-state index contributed by atoms with van der Waals surface area (Å²) in [6.45, 7) is 1.61. The number of nitrogens with zero attached hydrogens (tertiary/aromatic N) is 1. The van der Waals surface area contributed by atoms with Crippen LogP contribution in [-0.4, -0.2) is 34.7 Å².